The largest absolute Gasteiger partial charge is 0.364 e. The number of nitrogens with one attached hydrogen (secondary N) is 1. The lowest BCUT2D eigenvalue weighted by Crippen LogP contribution is -1.99. The molecule has 17 heavy (non-hydrogen) atoms. The standard InChI is InChI=1S/C12H11N3OS/c1-8-3-2-4-10-11(8)13-12(17)15(10)7-9-5-6-16-14-9/h2-6H,7H2,1H3,(H,13,17). The lowest BCUT2D eigenvalue weighted by atomic mass is 10.2. The molecule has 3 rings (SSSR count). The Kier molecular flexibility index (Phi) is 2.33. The summed E-state index contributed by atoms with van der Waals surface area (Å²) < 4.78 is 7.56. The fourth-order valence-electron chi connectivity index (χ4n) is 1.96. The van der Waals surface area contributed by atoms with Gasteiger partial charge in [0.2, 0.25) is 0 Å². The van der Waals surface area contributed by atoms with Crippen molar-refractivity contribution in [3.63, 3.8) is 0 Å². The summed E-state index contributed by atoms with van der Waals surface area (Å²) in [7, 11) is 0. The highest BCUT2D eigenvalue weighted by atomic mass is 32.1. The Hall–Kier alpha value is -1.88. The second-order valence-corrected chi connectivity index (χ2v) is 4.36. The van der Waals surface area contributed by atoms with Crippen LogP contribution in [-0.2, 0) is 6.54 Å². The fraction of sp³-hybridized carbons (Fsp3) is 0.167. The number of aromatic amines is 1. The highest BCUT2D eigenvalue weighted by molar-refractivity contribution is 7.71. The molecular weight excluding hydrogens is 234 g/mol. The summed E-state index contributed by atoms with van der Waals surface area (Å²) >= 11 is 5.33. The minimum absolute atomic E-state index is 0.624. The number of aryl methyl sites for hydroxylation is 1. The van der Waals surface area contributed by atoms with Crippen molar-refractivity contribution in [3.05, 3.63) is 46.6 Å². The van der Waals surface area contributed by atoms with E-state index in [0.717, 1.165) is 16.7 Å². The first-order valence-electron chi connectivity index (χ1n) is 5.33. The first-order valence-corrected chi connectivity index (χ1v) is 5.74. The minimum atomic E-state index is 0.624. The summed E-state index contributed by atoms with van der Waals surface area (Å²) in [6, 6.07) is 7.98. The van der Waals surface area contributed by atoms with Gasteiger partial charge in [-0.2, -0.15) is 0 Å². The van der Waals surface area contributed by atoms with Gasteiger partial charge in [-0.05, 0) is 30.8 Å². The normalized spacial score (nSPS) is 11.1. The number of benzene rings is 1. The molecule has 0 radical (unpaired) electrons. The third kappa shape index (κ3) is 1.68. The van der Waals surface area contributed by atoms with Gasteiger partial charge in [-0.3, -0.25) is 0 Å². The van der Waals surface area contributed by atoms with Crippen LogP contribution in [0.25, 0.3) is 11.0 Å². The summed E-state index contributed by atoms with van der Waals surface area (Å²) in [5, 5.41) is 3.91. The Balaban J connectivity index is 2.19. The predicted molar refractivity (Wildman–Crippen MR) is 67.5 cm³/mol. The van der Waals surface area contributed by atoms with Gasteiger partial charge >= 0.3 is 0 Å². The fourth-order valence-corrected chi connectivity index (χ4v) is 2.23. The van der Waals surface area contributed by atoms with Crippen molar-refractivity contribution >= 4 is 23.3 Å². The molecule has 0 aliphatic rings. The van der Waals surface area contributed by atoms with Crippen LogP contribution in [0.5, 0.6) is 0 Å². The van der Waals surface area contributed by atoms with E-state index in [4.69, 9.17) is 16.7 Å². The Morgan fingerprint density at radius 3 is 3.06 bits per heavy atom. The molecule has 0 aliphatic carbocycles. The molecule has 0 aliphatic heterocycles. The molecule has 4 nitrogen and oxygen atoms in total. The number of imidazole rings is 1. The van der Waals surface area contributed by atoms with E-state index in [-0.39, 0.29) is 0 Å². The maximum Gasteiger partial charge on any atom is 0.178 e. The molecule has 0 saturated heterocycles. The van der Waals surface area contributed by atoms with E-state index in [1.165, 1.54) is 5.56 Å². The quantitative estimate of drug-likeness (QED) is 0.706. The van der Waals surface area contributed by atoms with Crippen molar-refractivity contribution in [1.82, 2.24) is 14.7 Å². The number of aromatic nitrogens is 3. The number of fused-ring (bicyclic) bond motifs is 1. The summed E-state index contributed by atoms with van der Waals surface area (Å²) in [4.78, 5) is 3.23. The van der Waals surface area contributed by atoms with Crippen LogP contribution >= 0.6 is 12.2 Å². The number of H-pyrrole nitrogens is 1. The zero-order valence-electron chi connectivity index (χ0n) is 9.30. The lowest BCUT2D eigenvalue weighted by Gasteiger charge is -2.01. The Morgan fingerprint density at radius 2 is 2.29 bits per heavy atom. The molecule has 0 atom stereocenters. The topological polar surface area (TPSA) is 46.8 Å². The molecule has 0 spiro atoms. The van der Waals surface area contributed by atoms with Crippen LogP contribution in [0.15, 0.2) is 35.1 Å². The minimum Gasteiger partial charge on any atom is -0.364 e. The van der Waals surface area contributed by atoms with Gasteiger partial charge in [0.15, 0.2) is 4.77 Å². The third-order valence-corrected chi connectivity index (χ3v) is 3.15. The SMILES string of the molecule is Cc1cccc2c1[nH]c(=S)n2Cc1ccon1. The van der Waals surface area contributed by atoms with Crippen LogP contribution in [-0.4, -0.2) is 14.7 Å². The van der Waals surface area contributed by atoms with Crippen LogP contribution in [0.1, 0.15) is 11.3 Å². The van der Waals surface area contributed by atoms with Crippen molar-refractivity contribution in [2.24, 2.45) is 0 Å². The predicted octanol–water partition coefficient (Wildman–Crippen LogP) is 3.04. The van der Waals surface area contributed by atoms with Gasteiger partial charge in [0, 0.05) is 6.07 Å². The van der Waals surface area contributed by atoms with E-state index in [1.807, 2.05) is 16.7 Å². The van der Waals surface area contributed by atoms with Crippen molar-refractivity contribution in [2.75, 3.05) is 0 Å². The van der Waals surface area contributed by atoms with E-state index >= 15 is 0 Å². The second-order valence-electron chi connectivity index (χ2n) is 3.98. The van der Waals surface area contributed by atoms with Crippen molar-refractivity contribution in [1.29, 1.82) is 0 Å². The van der Waals surface area contributed by atoms with E-state index in [1.54, 1.807) is 6.26 Å². The number of hydrogen-bond acceptors (Lipinski definition) is 3. The van der Waals surface area contributed by atoms with Crippen LogP contribution in [0, 0.1) is 11.7 Å². The molecule has 0 fully saturated rings. The Morgan fingerprint density at radius 1 is 1.41 bits per heavy atom. The summed E-state index contributed by atoms with van der Waals surface area (Å²) in [5.41, 5.74) is 4.23. The van der Waals surface area contributed by atoms with Crippen LogP contribution in [0.2, 0.25) is 0 Å². The van der Waals surface area contributed by atoms with Crippen LogP contribution < -0.4 is 0 Å². The summed E-state index contributed by atoms with van der Waals surface area (Å²) in [6.07, 6.45) is 1.57. The number of hydrogen-bond donors (Lipinski definition) is 1. The van der Waals surface area contributed by atoms with Crippen molar-refractivity contribution < 1.29 is 4.52 Å². The monoisotopic (exact) mass is 245 g/mol. The average Bonchev–Trinajstić information content (AvgIpc) is 2.91. The highest BCUT2D eigenvalue weighted by Crippen LogP contribution is 2.18. The average molecular weight is 245 g/mol. The van der Waals surface area contributed by atoms with Gasteiger partial charge in [-0.25, -0.2) is 0 Å². The van der Waals surface area contributed by atoms with Crippen LogP contribution in [0.3, 0.4) is 0 Å². The molecule has 1 aromatic carbocycles. The highest BCUT2D eigenvalue weighted by Gasteiger charge is 2.07. The molecule has 5 heteroatoms. The summed E-state index contributed by atoms with van der Waals surface area (Å²) in [6.45, 7) is 2.69. The van der Waals surface area contributed by atoms with Gasteiger partial charge in [0.05, 0.1) is 17.6 Å². The molecule has 0 amide bonds. The Bertz CT molecular complexity index is 709. The van der Waals surface area contributed by atoms with Crippen LogP contribution in [0.4, 0.5) is 0 Å². The smallest absolute Gasteiger partial charge is 0.178 e. The van der Waals surface area contributed by atoms with Gasteiger partial charge in [-0.15, -0.1) is 0 Å². The molecule has 86 valence electrons. The lowest BCUT2D eigenvalue weighted by molar-refractivity contribution is 0.410. The molecule has 2 heterocycles. The number of nitrogens with zero attached hydrogens (tertiary/aromatic N) is 2. The molecule has 3 aromatic rings. The zero-order valence-corrected chi connectivity index (χ0v) is 10.1. The zero-order chi connectivity index (χ0) is 11.8. The maximum atomic E-state index is 5.33. The maximum absolute atomic E-state index is 5.33. The van der Waals surface area contributed by atoms with E-state index < -0.39 is 0 Å². The van der Waals surface area contributed by atoms with E-state index in [9.17, 15) is 0 Å². The molecule has 0 bridgehead atoms. The van der Waals surface area contributed by atoms with Gasteiger partial charge < -0.3 is 14.1 Å². The molecule has 1 N–H and O–H groups in total. The van der Waals surface area contributed by atoms with Crippen molar-refractivity contribution in [2.45, 2.75) is 13.5 Å². The molecule has 0 unspecified atom stereocenters. The third-order valence-electron chi connectivity index (χ3n) is 2.83. The van der Waals surface area contributed by atoms with Crippen molar-refractivity contribution in [3.8, 4) is 0 Å². The Labute approximate surface area is 103 Å². The number of rotatable bonds is 2. The first-order chi connectivity index (χ1) is 8.25. The van der Waals surface area contributed by atoms with Gasteiger partial charge in [0.25, 0.3) is 0 Å². The number of para-hydroxylation sites is 1. The molecular formula is C12H11N3OS. The molecule has 0 saturated carbocycles. The van der Waals surface area contributed by atoms with Gasteiger partial charge in [0.1, 0.15) is 12.0 Å². The summed E-state index contributed by atoms with van der Waals surface area (Å²) in [5.74, 6) is 0. The molecule has 2 aromatic heterocycles. The van der Waals surface area contributed by atoms with E-state index in [2.05, 4.69) is 29.2 Å². The van der Waals surface area contributed by atoms with E-state index in [0.29, 0.717) is 11.3 Å². The van der Waals surface area contributed by atoms with Gasteiger partial charge in [-0.1, -0.05) is 17.3 Å². The second kappa shape index (κ2) is 3.85. The first kappa shape index (κ1) is 10.3.